The van der Waals surface area contributed by atoms with Crippen LogP contribution >= 0.6 is 11.3 Å². The molecule has 25 heavy (non-hydrogen) atoms. The monoisotopic (exact) mass is 358 g/mol. The van der Waals surface area contributed by atoms with Gasteiger partial charge in [-0.15, -0.1) is 11.3 Å². The van der Waals surface area contributed by atoms with Gasteiger partial charge >= 0.3 is 5.97 Å². The number of Topliss-reactive ketones (excluding diaryl/α,β-unsaturated/α-hetero) is 1. The van der Waals surface area contributed by atoms with Crippen molar-refractivity contribution in [2.75, 3.05) is 7.11 Å². The maximum absolute atomic E-state index is 12.0. The Bertz CT molecular complexity index is 898. The summed E-state index contributed by atoms with van der Waals surface area (Å²) in [5.41, 5.74) is 0.756. The molecule has 0 saturated heterocycles. The summed E-state index contributed by atoms with van der Waals surface area (Å²) in [6.45, 7) is 1.30. The zero-order chi connectivity index (χ0) is 17.8. The number of thiophene rings is 1. The van der Waals surface area contributed by atoms with Gasteiger partial charge in [-0.05, 0) is 43.3 Å². The summed E-state index contributed by atoms with van der Waals surface area (Å²) >= 11 is 1.09. The van der Waals surface area contributed by atoms with Gasteiger partial charge in [0.2, 0.25) is 5.82 Å². The van der Waals surface area contributed by atoms with E-state index in [2.05, 4.69) is 10.1 Å². The first-order valence-corrected chi connectivity index (χ1v) is 8.13. The highest BCUT2D eigenvalue weighted by Crippen LogP contribution is 2.21. The van der Waals surface area contributed by atoms with Crippen molar-refractivity contribution >= 4 is 23.1 Å². The van der Waals surface area contributed by atoms with E-state index in [1.807, 2.05) is 0 Å². The topological polar surface area (TPSA) is 91.5 Å². The van der Waals surface area contributed by atoms with Crippen molar-refractivity contribution in [1.29, 1.82) is 0 Å². The lowest BCUT2D eigenvalue weighted by Crippen LogP contribution is -2.03. The molecular weight excluding hydrogens is 344 g/mol. The number of nitrogens with zero attached hydrogens (tertiary/aromatic N) is 2. The Balaban J connectivity index is 1.62. The molecule has 0 amide bonds. The van der Waals surface area contributed by atoms with Crippen LogP contribution in [0, 0.1) is 0 Å². The molecule has 0 aliphatic carbocycles. The van der Waals surface area contributed by atoms with Gasteiger partial charge in [0.1, 0.15) is 10.6 Å². The summed E-state index contributed by atoms with van der Waals surface area (Å²) in [7, 11) is 1.59. The molecule has 2 aromatic heterocycles. The molecule has 2 heterocycles. The Kier molecular flexibility index (Phi) is 4.90. The third-order valence-corrected chi connectivity index (χ3v) is 4.46. The Labute approximate surface area is 147 Å². The smallest absolute Gasteiger partial charge is 0.348 e. The van der Waals surface area contributed by atoms with Crippen molar-refractivity contribution in [3.05, 3.63) is 52.0 Å². The van der Waals surface area contributed by atoms with Crippen molar-refractivity contribution in [3.8, 4) is 17.1 Å². The SMILES string of the molecule is COc1ccc(-c2noc(COC(=O)c3ccc(C(C)=O)s3)n2)cc1. The number of hydrogen-bond acceptors (Lipinski definition) is 8. The van der Waals surface area contributed by atoms with Crippen LogP contribution in [-0.4, -0.2) is 29.0 Å². The molecule has 0 aliphatic heterocycles. The van der Waals surface area contributed by atoms with Gasteiger partial charge in [0.05, 0.1) is 12.0 Å². The van der Waals surface area contributed by atoms with Crippen LogP contribution in [0.4, 0.5) is 0 Å². The van der Waals surface area contributed by atoms with Gasteiger partial charge in [0.15, 0.2) is 12.4 Å². The highest BCUT2D eigenvalue weighted by atomic mass is 32.1. The van der Waals surface area contributed by atoms with E-state index in [4.69, 9.17) is 14.0 Å². The molecule has 3 aromatic rings. The minimum absolute atomic E-state index is 0.0925. The molecule has 0 spiro atoms. The second kappa shape index (κ2) is 7.27. The standard InChI is InChI=1S/C17H14N2O5S/c1-10(20)13-7-8-14(25-13)17(21)23-9-15-18-16(19-24-15)11-3-5-12(22-2)6-4-11/h3-8H,9H2,1-2H3. The van der Waals surface area contributed by atoms with E-state index in [1.165, 1.54) is 6.92 Å². The van der Waals surface area contributed by atoms with E-state index in [-0.39, 0.29) is 18.3 Å². The van der Waals surface area contributed by atoms with E-state index in [9.17, 15) is 9.59 Å². The predicted molar refractivity (Wildman–Crippen MR) is 89.7 cm³/mol. The van der Waals surface area contributed by atoms with Crippen LogP contribution in [0.2, 0.25) is 0 Å². The fraction of sp³-hybridized carbons (Fsp3) is 0.176. The number of ketones is 1. The molecule has 128 valence electrons. The lowest BCUT2D eigenvalue weighted by molar-refractivity contribution is 0.0435. The Morgan fingerprint density at radius 2 is 1.84 bits per heavy atom. The van der Waals surface area contributed by atoms with Gasteiger partial charge in [0.25, 0.3) is 5.89 Å². The van der Waals surface area contributed by atoms with E-state index >= 15 is 0 Å². The zero-order valence-corrected chi connectivity index (χ0v) is 14.3. The highest BCUT2D eigenvalue weighted by molar-refractivity contribution is 7.15. The average Bonchev–Trinajstić information content (AvgIpc) is 3.29. The lowest BCUT2D eigenvalue weighted by Gasteiger charge is -1.99. The Morgan fingerprint density at radius 1 is 1.12 bits per heavy atom. The van der Waals surface area contributed by atoms with Crippen LogP contribution in [0.3, 0.4) is 0 Å². The van der Waals surface area contributed by atoms with Crippen molar-refractivity contribution in [2.24, 2.45) is 0 Å². The minimum atomic E-state index is -0.540. The maximum atomic E-state index is 12.0. The Hall–Kier alpha value is -3.00. The molecule has 0 atom stereocenters. The third kappa shape index (κ3) is 3.92. The molecular formula is C17H14N2O5S. The van der Waals surface area contributed by atoms with Gasteiger partial charge in [-0.3, -0.25) is 4.79 Å². The normalized spacial score (nSPS) is 10.5. The van der Waals surface area contributed by atoms with Crippen LogP contribution in [0.15, 0.2) is 40.9 Å². The molecule has 0 bridgehead atoms. The number of aromatic nitrogens is 2. The first kappa shape index (κ1) is 16.8. The summed E-state index contributed by atoms with van der Waals surface area (Å²) < 4.78 is 15.3. The second-order valence-electron chi connectivity index (χ2n) is 5.04. The molecule has 8 heteroatoms. The van der Waals surface area contributed by atoms with Crippen molar-refractivity contribution in [1.82, 2.24) is 10.1 Å². The summed E-state index contributed by atoms with van der Waals surface area (Å²) in [5.74, 6) is 0.667. The average molecular weight is 358 g/mol. The number of carbonyl (C=O) groups excluding carboxylic acids is 2. The summed E-state index contributed by atoms with van der Waals surface area (Å²) in [6, 6.07) is 10.3. The number of rotatable bonds is 6. The zero-order valence-electron chi connectivity index (χ0n) is 13.5. The predicted octanol–water partition coefficient (Wildman–Crippen LogP) is 3.37. The van der Waals surface area contributed by atoms with E-state index in [0.717, 1.165) is 22.6 Å². The molecule has 3 rings (SSSR count). The Morgan fingerprint density at radius 3 is 2.48 bits per heavy atom. The van der Waals surface area contributed by atoms with Gasteiger partial charge in [-0.1, -0.05) is 5.16 Å². The van der Waals surface area contributed by atoms with Gasteiger partial charge < -0.3 is 14.0 Å². The summed E-state index contributed by atoms with van der Waals surface area (Å²) in [4.78, 5) is 28.3. The number of hydrogen-bond donors (Lipinski definition) is 0. The van der Waals surface area contributed by atoms with E-state index in [0.29, 0.717) is 15.6 Å². The molecule has 0 unspecified atom stereocenters. The third-order valence-electron chi connectivity index (χ3n) is 3.30. The van der Waals surface area contributed by atoms with Crippen LogP contribution in [0.5, 0.6) is 5.75 Å². The number of esters is 1. The van der Waals surface area contributed by atoms with Crippen molar-refractivity contribution < 1.29 is 23.6 Å². The van der Waals surface area contributed by atoms with Crippen LogP contribution in [0.1, 0.15) is 32.2 Å². The molecule has 0 N–H and O–H groups in total. The first-order valence-electron chi connectivity index (χ1n) is 7.31. The quantitative estimate of drug-likeness (QED) is 0.493. The second-order valence-corrected chi connectivity index (χ2v) is 6.12. The highest BCUT2D eigenvalue weighted by Gasteiger charge is 2.15. The summed E-state index contributed by atoms with van der Waals surface area (Å²) in [5, 5.41) is 3.86. The molecule has 0 fully saturated rings. The van der Waals surface area contributed by atoms with E-state index in [1.54, 1.807) is 43.5 Å². The molecule has 0 saturated carbocycles. The number of benzene rings is 1. The first-order chi connectivity index (χ1) is 12.1. The summed E-state index contributed by atoms with van der Waals surface area (Å²) in [6.07, 6.45) is 0. The maximum Gasteiger partial charge on any atom is 0.348 e. The van der Waals surface area contributed by atoms with Crippen LogP contribution in [-0.2, 0) is 11.3 Å². The molecule has 7 nitrogen and oxygen atoms in total. The molecule has 0 aliphatic rings. The largest absolute Gasteiger partial charge is 0.497 e. The van der Waals surface area contributed by atoms with E-state index < -0.39 is 5.97 Å². The minimum Gasteiger partial charge on any atom is -0.497 e. The van der Waals surface area contributed by atoms with Crippen LogP contribution < -0.4 is 4.74 Å². The van der Waals surface area contributed by atoms with Crippen molar-refractivity contribution in [2.45, 2.75) is 13.5 Å². The lowest BCUT2D eigenvalue weighted by atomic mass is 10.2. The molecule has 0 radical (unpaired) electrons. The van der Waals surface area contributed by atoms with Gasteiger partial charge in [-0.2, -0.15) is 4.98 Å². The fourth-order valence-corrected chi connectivity index (χ4v) is 2.80. The number of carbonyl (C=O) groups is 2. The number of ether oxygens (including phenoxy) is 2. The van der Waals surface area contributed by atoms with Gasteiger partial charge in [0, 0.05) is 5.56 Å². The van der Waals surface area contributed by atoms with Crippen molar-refractivity contribution in [3.63, 3.8) is 0 Å². The van der Waals surface area contributed by atoms with Gasteiger partial charge in [-0.25, -0.2) is 4.79 Å². The number of methoxy groups -OCH3 is 1. The molecule has 1 aromatic carbocycles. The van der Waals surface area contributed by atoms with Crippen LogP contribution in [0.25, 0.3) is 11.4 Å². The fourth-order valence-electron chi connectivity index (χ4n) is 2.01.